The van der Waals surface area contributed by atoms with E-state index in [1.807, 2.05) is 37.3 Å². The maximum Gasteiger partial charge on any atom is 0.337 e. The third-order valence-electron chi connectivity index (χ3n) is 3.32. The summed E-state index contributed by atoms with van der Waals surface area (Å²) in [6.07, 6.45) is 7.92. The molecule has 0 aromatic heterocycles. The van der Waals surface area contributed by atoms with Crippen LogP contribution in [-0.2, 0) is 23.9 Å². The summed E-state index contributed by atoms with van der Waals surface area (Å²) in [5.41, 5.74) is 1.29. The van der Waals surface area contributed by atoms with Crippen molar-refractivity contribution in [3.63, 3.8) is 0 Å². The van der Waals surface area contributed by atoms with Gasteiger partial charge in [0.1, 0.15) is 0 Å². The Balaban J connectivity index is 2.74. The van der Waals surface area contributed by atoms with Gasteiger partial charge in [-0.2, -0.15) is 0 Å². The van der Waals surface area contributed by atoms with Crippen molar-refractivity contribution < 1.29 is 23.9 Å². The second kappa shape index (κ2) is 12.4. The zero-order valence-corrected chi connectivity index (χ0v) is 15.0. The molecule has 5 nitrogen and oxygen atoms in total. The molecule has 0 amide bonds. The SMILES string of the molecule is C=CC(=O)OC(=O)CCC=C(C=Cc1ccccc1)C(=O)OCCCC. The Morgan fingerprint density at radius 1 is 1.15 bits per heavy atom. The maximum absolute atomic E-state index is 12.2. The van der Waals surface area contributed by atoms with E-state index in [9.17, 15) is 14.4 Å². The van der Waals surface area contributed by atoms with Gasteiger partial charge in [-0.1, -0.05) is 62.4 Å². The number of hydrogen-bond donors (Lipinski definition) is 0. The van der Waals surface area contributed by atoms with Crippen LogP contribution in [0.25, 0.3) is 6.08 Å². The number of esters is 3. The molecule has 1 aromatic rings. The van der Waals surface area contributed by atoms with Gasteiger partial charge in [0.05, 0.1) is 12.2 Å². The Morgan fingerprint density at radius 3 is 2.54 bits per heavy atom. The van der Waals surface area contributed by atoms with Crippen LogP contribution in [0.15, 0.2) is 60.7 Å². The first-order valence-electron chi connectivity index (χ1n) is 8.54. The van der Waals surface area contributed by atoms with Crippen molar-refractivity contribution in [1.29, 1.82) is 0 Å². The number of carbonyl (C=O) groups is 3. The number of allylic oxidation sites excluding steroid dienone is 1. The molecule has 138 valence electrons. The van der Waals surface area contributed by atoms with Crippen LogP contribution in [0.4, 0.5) is 0 Å². The summed E-state index contributed by atoms with van der Waals surface area (Å²) in [5.74, 6) is -1.90. The number of unbranched alkanes of at least 4 members (excludes halogenated alkanes) is 1. The molecule has 5 heteroatoms. The van der Waals surface area contributed by atoms with Crippen molar-refractivity contribution in [2.75, 3.05) is 6.61 Å². The van der Waals surface area contributed by atoms with E-state index in [0.29, 0.717) is 12.2 Å². The molecule has 0 heterocycles. The minimum atomic E-state index is -0.790. The predicted octanol–water partition coefficient (Wildman–Crippen LogP) is 4.01. The molecule has 26 heavy (non-hydrogen) atoms. The summed E-state index contributed by atoms with van der Waals surface area (Å²) < 4.78 is 9.72. The van der Waals surface area contributed by atoms with Gasteiger partial charge in [-0.3, -0.25) is 4.79 Å². The van der Waals surface area contributed by atoms with Gasteiger partial charge in [-0.05, 0) is 24.5 Å². The quantitative estimate of drug-likeness (QED) is 0.208. The molecule has 0 aliphatic carbocycles. The molecule has 0 radical (unpaired) electrons. The van der Waals surface area contributed by atoms with Crippen molar-refractivity contribution in [2.45, 2.75) is 32.6 Å². The van der Waals surface area contributed by atoms with Gasteiger partial charge in [0, 0.05) is 12.5 Å². The molecule has 0 spiro atoms. The average molecular weight is 356 g/mol. The highest BCUT2D eigenvalue weighted by Crippen LogP contribution is 2.10. The zero-order valence-electron chi connectivity index (χ0n) is 15.0. The summed E-state index contributed by atoms with van der Waals surface area (Å²) in [5, 5.41) is 0. The Morgan fingerprint density at radius 2 is 1.88 bits per heavy atom. The van der Waals surface area contributed by atoms with Crippen LogP contribution in [-0.4, -0.2) is 24.5 Å². The van der Waals surface area contributed by atoms with Crippen LogP contribution >= 0.6 is 0 Å². The summed E-state index contributed by atoms with van der Waals surface area (Å²) in [7, 11) is 0. The summed E-state index contributed by atoms with van der Waals surface area (Å²) >= 11 is 0. The highest BCUT2D eigenvalue weighted by Gasteiger charge is 2.10. The molecular weight excluding hydrogens is 332 g/mol. The highest BCUT2D eigenvalue weighted by atomic mass is 16.6. The second-order valence-corrected chi connectivity index (χ2v) is 5.43. The molecule has 0 N–H and O–H groups in total. The largest absolute Gasteiger partial charge is 0.462 e. The van der Waals surface area contributed by atoms with E-state index in [1.54, 1.807) is 18.2 Å². The lowest BCUT2D eigenvalue weighted by Crippen LogP contribution is -2.10. The molecule has 0 saturated heterocycles. The molecule has 0 unspecified atom stereocenters. The Labute approximate surface area is 154 Å². The van der Waals surface area contributed by atoms with Crippen molar-refractivity contribution in [3.05, 3.63) is 66.3 Å². The van der Waals surface area contributed by atoms with Crippen LogP contribution in [0.5, 0.6) is 0 Å². The average Bonchev–Trinajstić information content (AvgIpc) is 2.65. The fourth-order valence-corrected chi connectivity index (χ4v) is 1.91. The standard InChI is InChI=1S/C21H24O5/c1-3-5-16-25-21(24)18(15-14-17-10-7-6-8-11-17)12-9-13-20(23)26-19(22)4-2/h4,6-8,10-12,14-15H,2-3,5,9,13,16H2,1H3. The van der Waals surface area contributed by atoms with E-state index in [0.717, 1.165) is 24.5 Å². The fraction of sp³-hybridized carbons (Fsp3) is 0.286. The smallest absolute Gasteiger partial charge is 0.337 e. The van der Waals surface area contributed by atoms with E-state index in [-0.39, 0.29) is 12.8 Å². The van der Waals surface area contributed by atoms with Crippen LogP contribution in [0.1, 0.15) is 38.2 Å². The summed E-state index contributed by atoms with van der Waals surface area (Å²) in [6.45, 7) is 5.58. The zero-order chi connectivity index (χ0) is 19.2. The number of hydrogen-bond acceptors (Lipinski definition) is 5. The maximum atomic E-state index is 12.2. The van der Waals surface area contributed by atoms with E-state index < -0.39 is 17.9 Å². The Kier molecular flexibility index (Phi) is 10.1. The molecule has 1 aromatic carbocycles. The van der Waals surface area contributed by atoms with Crippen molar-refractivity contribution >= 4 is 24.0 Å². The van der Waals surface area contributed by atoms with Gasteiger partial charge >= 0.3 is 17.9 Å². The highest BCUT2D eigenvalue weighted by molar-refractivity contribution is 5.93. The van der Waals surface area contributed by atoms with Gasteiger partial charge < -0.3 is 9.47 Å². The summed E-state index contributed by atoms with van der Waals surface area (Å²) in [6, 6.07) is 9.53. The minimum Gasteiger partial charge on any atom is -0.462 e. The van der Waals surface area contributed by atoms with E-state index in [2.05, 4.69) is 11.3 Å². The minimum absolute atomic E-state index is 0.0233. The van der Waals surface area contributed by atoms with E-state index >= 15 is 0 Å². The number of rotatable bonds is 10. The van der Waals surface area contributed by atoms with Gasteiger partial charge in [-0.15, -0.1) is 0 Å². The Hall–Kier alpha value is -2.95. The van der Waals surface area contributed by atoms with Gasteiger partial charge in [0.15, 0.2) is 0 Å². The third kappa shape index (κ3) is 8.78. The van der Waals surface area contributed by atoms with Crippen LogP contribution < -0.4 is 0 Å². The number of carbonyl (C=O) groups excluding carboxylic acids is 3. The fourth-order valence-electron chi connectivity index (χ4n) is 1.91. The lowest BCUT2D eigenvalue weighted by atomic mass is 10.1. The first kappa shape index (κ1) is 21.1. The number of benzene rings is 1. The van der Waals surface area contributed by atoms with Crippen LogP contribution in [0.3, 0.4) is 0 Å². The second-order valence-electron chi connectivity index (χ2n) is 5.43. The van der Waals surface area contributed by atoms with Gasteiger partial charge in [0.2, 0.25) is 0 Å². The number of ether oxygens (including phenoxy) is 2. The van der Waals surface area contributed by atoms with Crippen molar-refractivity contribution in [3.8, 4) is 0 Å². The first-order valence-corrected chi connectivity index (χ1v) is 8.54. The molecule has 0 aliphatic rings. The van der Waals surface area contributed by atoms with Crippen molar-refractivity contribution in [1.82, 2.24) is 0 Å². The van der Waals surface area contributed by atoms with Crippen molar-refractivity contribution in [2.24, 2.45) is 0 Å². The first-order chi connectivity index (χ1) is 12.6. The molecule has 0 fully saturated rings. The Bertz CT molecular complexity index is 671. The van der Waals surface area contributed by atoms with Gasteiger partial charge in [-0.25, -0.2) is 9.59 Å². The van der Waals surface area contributed by atoms with Gasteiger partial charge in [0.25, 0.3) is 0 Å². The lowest BCUT2D eigenvalue weighted by molar-refractivity contribution is -0.156. The topological polar surface area (TPSA) is 69.7 Å². The van der Waals surface area contributed by atoms with Crippen LogP contribution in [0, 0.1) is 0 Å². The third-order valence-corrected chi connectivity index (χ3v) is 3.32. The molecule has 0 saturated carbocycles. The predicted molar refractivity (Wildman–Crippen MR) is 100.0 cm³/mol. The molecule has 0 atom stereocenters. The molecule has 0 aliphatic heterocycles. The van der Waals surface area contributed by atoms with Crippen LogP contribution in [0.2, 0.25) is 0 Å². The van der Waals surface area contributed by atoms with E-state index in [4.69, 9.17) is 4.74 Å². The molecular formula is C21H24O5. The van der Waals surface area contributed by atoms with E-state index in [1.165, 1.54) is 0 Å². The summed E-state index contributed by atoms with van der Waals surface area (Å²) in [4.78, 5) is 34.7. The normalized spacial score (nSPS) is 11.2. The lowest BCUT2D eigenvalue weighted by Gasteiger charge is -2.05. The molecule has 1 rings (SSSR count). The monoisotopic (exact) mass is 356 g/mol. The molecule has 0 bridgehead atoms.